The van der Waals surface area contributed by atoms with E-state index in [0.717, 1.165) is 11.1 Å². The van der Waals surface area contributed by atoms with Gasteiger partial charge in [0.2, 0.25) is 0 Å². The third-order valence-corrected chi connectivity index (χ3v) is 7.01. The third-order valence-electron chi connectivity index (χ3n) is 7.01. The lowest BCUT2D eigenvalue weighted by atomic mass is 9.69. The van der Waals surface area contributed by atoms with Crippen LogP contribution < -0.4 is 20.5 Å². The fourth-order valence-corrected chi connectivity index (χ4v) is 5.07. The maximum Gasteiger partial charge on any atom is 0.284 e. The maximum absolute atomic E-state index is 13.8. The van der Waals surface area contributed by atoms with Crippen LogP contribution in [0.25, 0.3) is 11.4 Å². The molecule has 1 aromatic carbocycles. The Hall–Kier alpha value is -3.89. The Morgan fingerprint density at radius 2 is 1.90 bits per heavy atom. The molecule has 0 saturated heterocycles. The van der Waals surface area contributed by atoms with Gasteiger partial charge in [0, 0.05) is 25.7 Å². The van der Waals surface area contributed by atoms with E-state index in [0.29, 0.717) is 48.8 Å². The van der Waals surface area contributed by atoms with Crippen molar-refractivity contribution in [3.05, 3.63) is 69.0 Å². The van der Waals surface area contributed by atoms with Gasteiger partial charge in [-0.25, -0.2) is 10.5 Å². The van der Waals surface area contributed by atoms with Gasteiger partial charge in [-0.15, -0.1) is 0 Å². The Bertz CT molecular complexity index is 1410. The zero-order chi connectivity index (χ0) is 28.3. The summed E-state index contributed by atoms with van der Waals surface area (Å²) in [6.45, 7) is 7.16. The van der Waals surface area contributed by atoms with Crippen molar-refractivity contribution in [2.45, 2.75) is 46.1 Å². The lowest BCUT2D eigenvalue weighted by molar-refractivity contribution is 0.0700. The minimum Gasteiger partial charge on any atom is -0.507 e. The number of nitrogens with zero attached hydrogens (tertiary/aromatic N) is 2. The number of ether oxygens (including phenoxy) is 3. The number of fused-ring (bicyclic) bond motifs is 3. The van der Waals surface area contributed by atoms with Gasteiger partial charge >= 0.3 is 0 Å². The van der Waals surface area contributed by atoms with Gasteiger partial charge in [0.05, 0.1) is 31.6 Å². The fourth-order valence-electron chi connectivity index (χ4n) is 5.07. The Morgan fingerprint density at radius 3 is 2.51 bits per heavy atom. The molecule has 0 saturated carbocycles. The molecular weight excluding hydrogens is 502 g/mol. The van der Waals surface area contributed by atoms with Crippen molar-refractivity contribution < 1.29 is 29.3 Å². The number of aromatic hydroxyl groups is 1. The normalized spacial score (nSPS) is 14.4. The van der Waals surface area contributed by atoms with Gasteiger partial charge in [0.15, 0.2) is 5.75 Å². The van der Waals surface area contributed by atoms with E-state index in [1.807, 2.05) is 57.2 Å². The average Bonchev–Trinajstić information content (AvgIpc) is 2.92. The number of rotatable bonds is 9. The average molecular weight is 538 g/mol. The molecule has 1 aliphatic carbocycles. The summed E-state index contributed by atoms with van der Waals surface area (Å²) in [6.07, 6.45) is 1.15. The number of carbonyl (C=O) groups is 1. The molecule has 4 rings (SSSR count). The van der Waals surface area contributed by atoms with Crippen molar-refractivity contribution >= 4 is 5.91 Å². The van der Waals surface area contributed by atoms with Crippen molar-refractivity contribution in [1.29, 1.82) is 0 Å². The highest BCUT2D eigenvalue weighted by Gasteiger charge is 2.41. The van der Waals surface area contributed by atoms with Gasteiger partial charge in [-0.2, -0.15) is 0 Å². The van der Waals surface area contributed by atoms with Crippen LogP contribution in [0.2, 0.25) is 0 Å². The van der Waals surface area contributed by atoms with Gasteiger partial charge in [-0.1, -0.05) is 51.1 Å². The van der Waals surface area contributed by atoms with Crippen molar-refractivity contribution in [3.8, 4) is 28.8 Å². The van der Waals surface area contributed by atoms with Crippen LogP contribution in [0.4, 0.5) is 0 Å². The van der Waals surface area contributed by atoms with Crippen molar-refractivity contribution in [1.82, 2.24) is 15.0 Å². The molecule has 3 aromatic rings. The molecule has 208 valence electrons. The highest BCUT2D eigenvalue weighted by Crippen LogP contribution is 2.51. The largest absolute Gasteiger partial charge is 0.507 e. The second-order valence-electron chi connectivity index (χ2n) is 10.6. The van der Waals surface area contributed by atoms with Crippen LogP contribution in [0, 0.1) is 5.41 Å². The molecule has 10 nitrogen and oxygen atoms in total. The first kappa shape index (κ1) is 28.1. The SMILES string of the molecule is COCCCOc1cc2c(nc1OC)-c1c(c(O)c(C(=O)NO)c(=O)n1Cc1ccccc1)C(C(C)(C)C)C2. The number of nitrogens with one attached hydrogen (secondary N) is 1. The number of aromatic nitrogens is 2. The minimum absolute atomic E-state index is 0.115. The Balaban J connectivity index is 2.03. The van der Waals surface area contributed by atoms with E-state index in [1.54, 1.807) is 7.11 Å². The molecule has 1 atom stereocenters. The monoisotopic (exact) mass is 537 g/mol. The van der Waals surface area contributed by atoms with E-state index in [2.05, 4.69) is 0 Å². The molecular formula is C29H35N3O7. The summed E-state index contributed by atoms with van der Waals surface area (Å²) in [7, 11) is 3.12. The van der Waals surface area contributed by atoms with E-state index < -0.39 is 22.8 Å². The van der Waals surface area contributed by atoms with Gasteiger partial charge < -0.3 is 23.9 Å². The Labute approximate surface area is 227 Å². The highest BCUT2D eigenvalue weighted by atomic mass is 16.5. The first-order chi connectivity index (χ1) is 18.6. The molecule has 2 heterocycles. The van der Waals surface area contributed by atoms with E-state index in [1.165, 1.54) is 17.2 Å². The predicted molar refractivity (Wildman–Crippen MR) is 145 cm³/mol. The standard InChI is InChI=1S/C29H35N3O7/c1-29(2,3)19-14-18-15-20(39-13-9-12-37-4)27(38-5)30-23(18)24-21(19)25(33)22(26(34)31-36)28(35)32(24)16-17-10-7-6-8-11-17/h6-8,10-11,15,19,33,36H,9,12-14,16H2,1-5H3,(H,31,34). The number of hydroxylamine groups is 1. The molecule has 39 heavy (non-hydrogen) atoms. The minimum atomic E-state index is -1.08. The van der Waals surface area contributed by atoms with E-state index >= 15 is 0 Å². The number of benzene rings is 1. The first-order valence-corrected chi connectivity index (χ1v) is 12.8. The number of methoxy groups -OCH3 is 2. The summed E-state index contributed by atoms with van der Waals surface area (Å²) < 4.78 is 18.1. The third kappa shape index (κ3) is 5.48. The summed E-state index contributed by atoms with van der Waals surface area (Å²) in [4.78, 5) is 31.2. The van der Waals surface area contributed by atoms with Crippen LogP contribution in [0.15, 0.2) is 41.2 Å². The lowest BCUT2D eigenvalue weighted by Gasteiger charge is -2.38. The topological polar surface area (TPSA) is 132 Å². The molecule has 1 unspecified atom stereocenters. The van der Waals surface area contributed by atoms with Gasteiger partial charge in [-0.3, -0.25) is 14.8 Å². The zero-order valence-corrected chi connectivity index (χ0v) is 22.9. The molecule has 1 aliphatic rings. The van der Waals surface area contributed by atoms with Crippen LogP contribution in [0.1, 0.15) is 60.2 Å². The van der Waals surface area contributed by atoms with Crippen molar-refractivity contribution in [3.63, 3.8) is 0 Å². The Morgan fingerprint density at radius 1 is 1.18 bits per heavy atom. The van der Waals surface area contributed by atoms with Gasteiger partial charge in [-0.05, 0) is 34.9 Å². The summed E-state index contributed by atoms with van der Waals surface area (Å²) >= 11 is 0. The predicted octanol–water partition coefficient (Wildman–Crippen LogP) is 3.89. The van der Waals surface area contributed by atoms with Crippen molar-refractivity contribution in [2.75, 3.05) is 27.4 Å². The summed E-state index contributed by atoms with van der Waals surface area (Å²) in [5.74, 6) is -1.13. The molecule has 0 spiro atoms. The summed E-state index contributed by atoms with van der Waals surface area (Å²) in [5.41, 5.74) is 2.79. The fraction of sp³-hybridized carbons (Fsp3) is 0.414. The molecule has 0 fully saturated rings. The Kier molecular flexibility index (Phi) is 8.27. The molecule has 1 amide bonds. The molecule has 0 aliphatic heterocycles. The maximum atomic E-state index is 13.8. The van der Waals surface area contributed by atoms with Gasteiger partial charge in [0.1, 0.15) is 11.3 Å². The van der Waals surface area contributed by atoms with Crippen LogP contribution in [0.3, 0.4) is 0 Å². The molecule has 10 heteroatoms. The van der Waals surface area contributed by atoms with E-state index in [-0.39, 0.29) is 23.8 Å². The van der Waals surface area contributed by atoms with Crippen LogP contribution >= 0.6 is 0 Å². The zero-order valence-electron chi connectivity index (χ0n) is 22.9. The summed E-state index contributed by atoms with van der Waals surface area (Å²) in [6, 6.07) is 11.2. The van der Waals surface area contributed by atoms with E-state index in [4.69, 9.17) is 19.2 Å². The number of pyridine rings is 2. The van der Waals surface area contributed by atoms with Crippen LogP contribution in [-0.2, 0) is 17.7 Å². The second-order valence-corrected chi connectivity index (χ2v) is 10.6. The summed E-state index contributed by atoms with van der Waals surface area (Å²) in [5, 5.41) is 20.8. The highest BCUT2D eigenvalue weighted by molar-refractivity contribution is 5.97. The molecule has 2 aromatic heterocycles. The lowest BCUT2D eigenvalue weighted by Crippen LogP contribution is -2.37. The number of hydrogen-bond acceptors (Lipinski definition) is 8. The molecule has 0 bridgehead atoms. The number of amides is 1. The van der Waals surface area contributed by atoms with E-state index in [9.17, 15) is 19.9 Å². The first-order valence-electron chi connectivity index (χ1n) is 12.8. The quantitative estimate of drug-likeness (QED) is 0.213. The van der Waals surface area contributed by atoms with Crippen molar-refractivity contribution in [2.24, 2.45) is 5.41 Å². The molecule has 0 radical (unpaired) electrons. The smallest absolute Gasteiger partial charge is 0.284 e. The van der Waals surface area contributed by atoms with Gasteiger partial charge in [0.25, 0.3) is 17.3 Å². The molecule has 3 N–H and O–H groups in total. The van der Waals surface area contributed by atoms with Crippen LogP contribution in [-0.4, -0.2) is 53.2 Å². The van der Waals surface area contributed by atoms with Crippen LogP contribution in [0.5, 0.6) is 17.4 Å². The number of carbonyl (C=O) groups excluding carboxylic acids is 1. The second kappa shape index (κ2) is 11.5. The number of hydrogen-bond donors (Lipinski definition) is 3.